The summed E-state index contributed by atoms with van der Waals surface area (Å²) in [7, 11) is 0. The predicted octanol–water partition coefficient (Wildman–Crippen LogP) is 2.75. The summed E-state index contributed by atoms with van der Waals surface area (Å²) in [6.07, 6.45) is 1.88. The van der Waals surface area contributed by atoms with Crippen LogP contribution >= 0.6 is 0 Å². The molecule has 1 unspecified atom stereocenters. The summed E-state index contributed by atoms with van der Waals surface area (Å²) in [5, 5.41) is 12.0. The van der Waals surface area contributed by atoms with Crippen molar-refractivity contribution in [2.75, 3.05) is 18.0 Å². The SMILES string of the molecule is CCC(NCCC#N)N(CC)c1ccccc1. The van der Waals surface area contributed by atoms with Gasteiger partial charge in [-0.15, -0.1) is 0 Å². The molecule has 17 heavy (non-hydrogen) atoms. The van der Waals surface area contributed by atoms with Gasteiger partial charge in [0, 0.05) is 25.2 Å². The molecule has 0 saturated heterocycles. The van der Waals surface area contributed by atoms with Crippen molar-refractivity contribution in [1.29, 1.82) is 5.26 Å². The summed E-state index contributed by atoms with van der Waals surface area (Å²) >= 11 is 0. The maximum absolute atomic E-state index is 8.56. The van der Waals surface area contributed by atoms with Crippen molar-refractivity contribution in [3.8, 4) is 6.07 Å². The molecular formula is C14H21N3. The van der Waals surface area contributed by atoms with Crippen LogP contribution in [0.4, 0.5) is 5.69 Å². The fourth-order valence-electron chi connectivity index (χ4n) is 1.97. The summed E-state index contributed by atoms with van der Waals surface area (Å²) in [6.45, 7) is 6.03. The molecule has 3 nitrogen and oxygen atoms in total. The van der Waals surface area contributed by atoms with Gasteiger partial charge in [-0.1, -0.05) is 25.1 Å². The van der Waals surface area contributed by atoms with E-state index in [9.17, 15) is 0 Å². The van der Waals surface area contributed by atoms with Crippen LogP contribution in [0.3, 0.4) is 0 Å². The molecule has 1 aromatic rings. The minimum atomic E-state index is 0.302. The van der Waals surface area contributed by atoms with Crippen LogP contribution < -0.4 is 10.2 Å². The van der Waals surface area contributed by atoms with Crippen molar-refractivity contribution < 1.29 is 0 Å². The Kier molecular flexibility index (Phi) is 6.13. The third-order valence-corrected chi connectivity index (χ3v) is 2.81. The number of hydrogen-bond acceptors (Lipinski definition) is 3. The van der Waals surface area contributed by atoms with Gasteiger partial charge in [-0.05, 0) is 25.5 Å². The second kappa shape index (κ2) is 7.70. The minimum absolute atomic E-state index is 0.302. The van der Waals surface area contributed by atoms with Crippen LogP contribution in [0.25, 0.3) is 0 Å². The second-order valence-corrected chi connectivity index (χ2v) is 3.91. The number of nitrogens with one attached hydrogen (secondary N) is 1. The third-order valence-electron chi connectivity index (χ3n) is 2.81. The highest BCUT2D eigenvalue weighted by Crippen LogP contribution is 2.16. The molecular weight excluding hydrogens is 210 g/mol. The molecule has 0 aliphatic carbocycles. The zero-order valence-corrected chi connectivity index (χ0v) is 10.7. The Morgan fingerprint density at radius 3 is 2.53 bits per heavy atom. The van der Waals surface area contributed by atoms with Crippen LogP contribution in [0, 0.1) is 11.3 Å². The van der Waals surface area contributed by atoms with Gasteiger partial charge < -0.3 is 4.90 Å². The van der Waals surface area contributed by atoms with Crippen LogP contribution in [-0.2, 0) is 0 Å². The maximum atomic E-state index is 8.56. The molecule has 1 N–H and O–H groups in total. The second-order valence-electron chi connectivity index (χ2n) is 3.91. The van der Waals surface area contributed by atoms with Crippen molar-refractivity contribution in [2.45, 2.75) is 32.9 Å². The van der Waals surface area contributed by atoms with Gasteiger partial charge in [-0.2, -0.15) is 5.26 Å². The largest absolute Gasteiger partial charge is 0.356 e. The lowest BCUT2D eigenvalue weighted by Gasteiger charge is -2.32. The molecule has 1 atom stereocenters. The van der Waals surface area contributed by atoms with E-state index < -0.39 is 0 Å². The van der Waals surface area contributed by atoms with Crippen LogP contribution in [0.2, 0.25) is 0 Å². The molecule has 0 amide bonds. The van der Waals surface area contributed by atoms with E-state index in [2.05, 4.69) is 54.4 Å². The Labute approximate surface area is 104 Å². The molecule has 0 aliphatic heterocycles. The maximum Gasteiger partial charge on any atom is 0.0793 e. The molecule has 0 heterocycles. The molecule has 92 valence electrons. The fraction of sp³-hybridized carbons (Fsp3) is 0.500. The Balaban J connectivity index is 2.67. The molecule has 0 fully saturated rings. The first-order valence-corrected chi connectivity index (χ1v) is 6.25. The van der Waals surface area contributed by atoms with Crippen LogP contribution in [0.5, 0.6) is 0 Å². The summed E-state index contributed by atoms with van der Waals surface area (Å²) in [4.78, 5) is 2.33. The van der Waals surface area contributed by atoms with E-state index >= 15 is 0 Å². The number of rotatable bonds is 7. The number of para-hydroxylation sites is 1. The summed E-state index contributed by atoms with van der Waals surface area (Å²) < 4.78 is 0. The zero-order chi connectivity index (χ0) is 12.5. The quantitative estimate of drug-likeness (QED) is 0.579. The molecule has 0 radical (unpaired) electrons. The minimum Gasteiger partial charge on any atom is -0.356 e. The first kappa shape index (κ1) is 13.5. The number of anilines is 1. The molecule has 1 aromatic carbocycles. The summed E-state index contributed by atoms with van der Waals surface area (Å²) in [5.41, 5.74) is 1.23. The Morgan fingerprint density at radius 2 is 2.00 bits per heavy atom. The number of nitrogens with zero attached hydrogens (tertiary/aromatic N) is 2. The average Bonchev–Trinajstić information content (AvgIpc) is 2.39. The van der Waals surface area contributed by atoms with E-state index in [0.29, 0.717) is 12.6 Å². The van der Waals surface area contributed by atoms with Gasteiger partial charge in [-0.25, -0.2) is 0 Å². The summed E-state index contributed by atoms with van der Waals surface area (Å²) in [5.74, 6) is 0. The lowest BCUT2D eigenvalue weighted by Crippen LogP contribution is -2.45. The van der Waals surface area contributed by atoms with Gasteiger partial charge in [-0.3, -0.25) is 5.32 Å². The monoisotopic (exact) mass is 231 g/mol. The Bertz CT molecular complexity index is 342. The molecule has 0 bridgehead atoms. The lowest BCUT2D eigenvalue weighted by molar-refractivity contribution is 0.481. The van der Waals surface area contributed by atoms with E-state index in [1.54, 1.807) is 0 Å². The first-order valence-electron chi connectivity index (χ1n) is 6.25. The average molecular weight is 231 g/mol. The third kappa shape index (κ3) is 4.08. The highest BCUT2D eigenvalue weighted by Gasteiger charge is 2.14. The lowest BCUT2D eigenvalue weighted by atomic mass is 10.2. The predicted molar refractivity (Wildman–Crippen MR) is 71.8 cm³/mol. The van der Waals surface area contributed by atoms with E-state index in [-0.39, 0.29) is 0 Å². The van der Waals surface area contributed by atoms with E-state index in [1.807, 2.05) is 6.07 Å². The molecule has 0 aromatic heterocycles. The normalized spacial score (nSPS) is 11.8. The van der Waals surface area contributed by atoms with Crippen LogP contribution in [0.1, 0.15) is 26.7 Å². The molecule has 3 heteroatoms. The number of nitriles is 1. The van der Waals surface area contributed by atoms with Gasteiger partial charge in [0.1, 0.15) is 0 Å². The molecule has 0 spiro atoms. The highest BCUT2D eigenvalue weighted by atomic mass is 15.3. The Morgan fingerprint density at radius 1 is 1.29 bits per heavy atom. The van der Waals surface area contributed by atoms with Gasteiger partial charge in [0.15, 0.2) is 0 Å². The van der Waals surface area contributed by atoms with Gasteiger partial charge in [0.05, 0.1) is 12.2 Å². The first-order chi connectivity index (χ1) is 8.33. The van der Waals surface area contributed by atoms with Crippen molar-refractivity contribution in [3.63, 3.8) is 0 Å². The topological polar surface area (TPSA) is 39.1 Å². The molecule has 0 saturated carbocycles. The zero-order valence-electron chi connectivity index (χ0n) is 10.7. The van der Waals surface area contributed by atoms with Crippen molar-refractivity contribution >= 4 is 5.69 Å². The molecule has 0 aliphatic rings. The van der Waals surface area contributed by atoms with Crippen molar-refractivity contribution in [2.24, 2.45) is 0 Å². The van der Waals surface area contributed by atoms with Gasteiger partial charge in [0.2, 0.25) is 0 Å². The van der Waals surface area contributed by atoms with E-state index in [0.717, 1.165) is 19.5 Å². The van der Waals surface area contributed by atoms with Crippen molar-refractivity contribution in [3.05, 3.63) is 30.3 Å². The number of benzene rings is 1. The van der Waals surface area contributed by atoms with Gasteiger partial charge in [0.25, 0.3) is 0 Å². The molecule has 1 rings (SSSR count). The van der Waals surface area contributed by atoms with E-state index in [4.69, 9.17) is 5.26 Å². The van der Waals surface area contributed by atoms with Crippen LogP contribution in [0.15, 0.2) is 30.3 Å². The standard InChI is InChI=1S/C14H21N3/c1-3-14(16-12-8-11-15)17(4-2)13-9-6-5-7-10-13/h5-7,9-10,14,16H,3-4,8,12H2,1-2H3. The van der Waals surface area contributed by atoms with E-state index in [1.165, 1.54) is 5.69 Å². The van der Waals surface area contributed by atoms with Crippen molar-refractivity contribution in [1.82, 2.24) is 5.32 Å². The summed E-state index contributed by atoms with van der Waals surface area (Å²) in [6, 6.07) is 12.5. The number of hydrogen-bond donors (Lipinski definition) is 1. The fourth-order valence-corrected chi connectivity index (χ4v) is 1.97. The Hall–Kier alpha value is -1.53. The smallest absolute Gasteiger partial charge is 0.0793 e. The highest BCUT2D eigenvalue weighted by molar-refractivity contribution is 5.46. The van der Waals surface area contributed by atoms with Gasteiger partial charge >= 0.3 is 0 Å². The van der Waals surface area contributed by atoms with Crippen LogP contribution in [-0.4, -0.2) is 19.3 Å².